The van der Waals surface area contributed by atoms with Crippen molar-refractivity contribution in [2.45, 2.75) is 44.9 Å². The highest BCUT2D eigenvalue weighted by atomic mass is 19.2. The van der Waals surface area contributed by atoms with Gasteiger partial charge in [0.25, 0.3) is 0 Å². The van der Waals surface area contributed by atoms with Gasteiger partial charge >= 0.3 is 0 Å². The van der Waals surface area contributed by atoms with E-state index in [0.29, 0.717) is 18.6 Å². The number of aryl methyl sites for hydroxylation is 1. The van der Waals surface area contributed by atoms with E-state index >= 15 is 0 Å². The maximum absolute atomic E-state index is 14.6. The summed E-state index contributed by atoms with van der Waals surface area (Å²) in [6, 6.07) is 8.05. The molecule has 0 N–H and O–H groups in total. The van der Waals surface area contributed by atoms with E-state index in [4.69, 9.17) is 9.47 Å². The molecule has 29 heavy (non-hydrogen) atoms. The van der Waals surface area contributed by atoms with Crippen molar-refractivity contribution in [1.29, 1.82) is 0 Å². The molecule has 0 unspecified atom stereocenters. The average molecular weight is 404 g/mol. The van der Waals surface area contributed by atoms with E-state index < -0.39 is 11.6 Å². The molecule has 0 atom stereocenters. The molecule has 2 aromatic rings. The SMILES string of the molecule is C=CCCOc1ccc(C2CCC(COc3ccc(C)cc3F)CC2)c(F)c1F. The maximum atomic E-state index is 14.6. The highest BCUT2D eigenvalue weighted by Gasteiger charge is 2.27. The molecule has 0 saturated heterocycles. The van der Waals surface area contributed by atoms with Crippen molar-refractivity contribution in [3.8, 4) is 11.5 Å². The third-order valence-electron chi connectivity index (χ3n) is 5.50. The monoisotopic (exact) mass is 404 g/mol. The van der Waals surface area contributed by atoms with E-state index in [2.05, 4.69) is 6.58 Å². The molecular formula is C24H27F3O2. The highest BCUT2D eigenvalue weighted by Crippen LogP contribution is 2.39. The third kappa shape index (κ3) is 5.34. The van der Waals surface area contributed by atoms with Crippen LogP contribution in [-0.4, -0.2) is 13.2 Å². The molecule has 0 aliphatic heterocycles. The predicted molar refractivity (Wildman–Crippen MR) is 108 cm³/mol. The summed E-state index contributed by atoms with van der Waals surface area (Å²) in [5, 5.41) is 0. The number of hydrogen-bond acceptors (Lipinski definition) is 2. The highest BCUT2D eigenvalue weighted by molar-refractivity contribution is 5.33. The van der Waals surface area contributed by atoms with Crippen molar-refractivity contribution in [3.63, 3.8) is 0 Å². The zero-order valence-electron chi connectivity index (χ0n) is 16.7. The van der Waals surface area contributed by atoms with Gasteiger partial charge in [0.05, 0.1) is 13.2 Å². The summed E-state index contributed by atoms with van der Waals surface area (Å²) in [4.78, 5) is 0. The zero-order valence-corrected chi connectivity index (χ0v) is 16.7. The summed E-state index contributed by atoms with van der Waals surface area (Å²) in [6.45, 7) is 6.11. The molecule has 3 rings (SSSR count). The Hall–Kier alpha value is -2.43. The Bertz CT molecular complexity index is 842. The van der Waals surface area contributed by atoms with Crippen LogP contribution in [0.4, 0.5) is 13.2 Å². The summed E-state index contributed by atoms with van der Waals surface area (Å²) in [5.41, 5.74) is 1.25. The summed E-state index contributed by atoms with van der Waals surface area (Å²) in [5.74, 6) is -1.64. The second-order valence-corrected chi connectivity index (χ2v) is 7.67. The second kappa shape index (κ2) is 9.86. The topological polar surface area (TPSA) is 18.5 Å². The second-order valence-electron chi connectivity index (χ2n) is 7.67. The molecule has 1 aliphatic rings. The van der Waals surface area contributed by atoms with Crippen LogP contribution < -0.4 is 9.47 Å². The van der Waals surface area contributed by atoms with E-state index in [-0.39, 0.29) is 35.8 Å². The van der Waals surface area contributed by atoms with Crippen LogP contribution in [0.2, 0.25) is 0 Å². The lowest BCUT2D eigenvalue weighted by molar-refractivity contribution is 0.193. The Kier molecular flexibility index (Phi) is 7.24. The molecule has 1 aliphatic carbocycles. The Morgan fingerprint density at radius 3 is 2.38 bits per heavy atom. The molecule has 0 bridgehead atoms. The molecular weight excluding hydrogens is 377 g/mol. The van der Waals surface area contributed by atoms with Gasteiger partial charge in [0.1, 0.15) is 0 Å². The van der Waals surface area contributed by atoms with Gasteiger partial charge in [-0.1, -0.05) is 18.2 Å². The summed E-state index contributed by atoms with van der Waals surface area (Å²) < 4.78 is 53.7. The number of ether oxygens (including phenoxy) is 2. The van der Waals surface area contributed by atoms with Crippen molar-refractivity contribution >= 4 is 0 Å². The van der Waals surface area contributed by atoms with Gasteiger partial charge in [-0.15, -0.1) is 6.58 Å². The lowest BCUT2D eigenvalue weighted by Crippen LogP contribution is -2.20. The molecule has 1 fully saturated rings. The molecule has 0 spiro atoms. The van der Waals surface area contributed by atoms with Crippen LogP contribution in [0.1, 0.15) is 49.1 Å². The molecule has 2 nitrogen and oxygen atoms in total. The molecule has 2 aromatic carbocycles. The van der Waals surface area contributed by atoms with E-state index in [9.17, 15) is 13.2 Å². The maximum Gasteiger partial charge on any atom is 0.200 e. The lowest BCUT2D eigenvalue weighted by Gasteiger charge is -2.29. The Morgan fingerprint density at radius 1 is 0.966 bits per heavy atom. The zero-order chi connectivity index (χ0) is 20.8. The number of hydrogen-bond donors (Lipinski definition) is 0. The molecule has 156 valence electrons. The standard InChI is InChI=1S/C24H27F3O2/c1-3-4-13-28-22-12-10-19(23(26)24(22)27)18-8-6-17(7-9-18)15-29-21-11-5-16(2)14-20(21)25/h3,5,10-12,14,17-18H,1,4,6-9,13,15H2,2H3. The summed E-state index contributed by atoms with van der Waals surface area (Å²) in [7, 11) is 0. The number of rotatable bonds is 8. The number of halogens is 3. The average Bonchev–Trinajstić information content (AvgIpc) is 2.71. The molecule has 0 aromatic heterocycles. The van der Waals surface area contributed by atoms with Crippen molar-refractivity contribution in [2.75, 3.05) is 13.2 Å². The van der Waals surface area contributed by atoms with Gasteiger partial charge in [-0.3, -0.25) is 0 Å². The van der Waals surface area contributed by atoms with Gasteiger partial charge in [-0.25, -0.2) is 8.78 Å². The van der Waals surface area contributed by atoms with Crippen LogP contribution in [-0.2, 0) is 0 Å². The minimum Gasteiger partial charge on any atom is -0.490 e. The van der Waals surface area contributed by atoms with Gasteiger partial charge in [-0.2, -0.15) is 4.39 Å². The van der Waals surface area contributed by atoms with Crippen LogP contribution >= 0.6 is 0 Å². The van der Waals surface area contributed by atoms with Gasteiger partial charge in [0, 0.05) is 0 Å². The van der Waals surface area contributed by atoms with Crippen molar-refractivity contribution in [3.05, 3.63) is 71.6 Å². The first-order valence-electron chi connectivity index (χ1n) is 10.1. The third-order valence-corrected chi connectivity index (χ3v) is 5.50. The Balaban J connectivity index is 1.54. The quantitative estimate of drug-likeness (QED) is 0.359. The lowest BCUT2D eigenvalue weighted by atomic mass is 9.79. The summed E-state index contributed by atoms with van der Waals surface area (Å²) >= 11 is 0. The van der Waals surface area contributed by atoms with Gasteiger partial charge in [0.2, 0.25) is 5.82 Å². The molecule has 5 heteroatoms. The van der Waals surface area contributed by atoms with Crippen LogP contribution in [0.25, 0.3) is 0 Å². The van der Waals surface area contributed by atoms with Crippen LogP contribution in [0.5, 0.6) is 11.5 Å². The van der Waals surface area contributed by atoms with E-state index in [0.717, 1.165) is 31.2 Å². The first-order chi connectivity index (χ1) is 14.0. The van der Waals surface area contributed by atoms with Gasteiger partial charge in [0.15, 0.2) is 23.1 Å². The summed E-state index contributed by atoms with van der Waals surface area (Å²) in [6.07, 6.45) is 5.39. The normalized spacial score (nSPS) is 19.0. The Morgan fingerprint density at radius 2 is 1.69 bits per heavy atom. The predicted octanol–water partition coefficient (Wildman–Crippen LogP) is 6.72. The fraction of sp³-hybridized carbons (Fsp3) is 0.417. The smallest absolute Gasteiger partial charge is 0.200 e. The van der Waals surface area contributed by atoms with Crippen LogP contribution in [0, 0.1) is 30.3 Å². The van der Waals surface area contributed by atoms with Crippen molar-refractivity contribution in [2.24, 2.45) is 5.92 Å². The minimum absolute atomic E-state index is 0.0286. The fourth-order valence-corrected chi connectivity index (χ4v) is 3.80. The van der Waals surface area contributed by atoms with Crippen LogP contribution in [0.3, 0.4) is 0 Å². The molecule has 1 saturated carbocycles. The van der Waals surface area contributed by atoms with E-state index in [1.54, 1.807) is 18.2 Å². The first kappa shape index (κ1) is 21.3. The largest absolute Gasteiger partial charge is 0.490 e. The van der Waals surface area contributed by atoms with Crippen molar-refractivity contribution < 1.29 is 22.6 Å². The first-order valence-corrected chi connectivity index (χ1v) is 10.1. The minimum atomic E-state index is -0.924. The molecule has 0 amide bonds. The number of benzene rings is 2. The van der Waals surface area contributed by atoms with Gasteiger partial charge in [-0.05, 0) is 80.2 Å². The molecule has 0 heterocycles. The van der Waals surface area contributed by atoms with E-state index in [1.807, 2.05) is 13.0 Å². The molecule has 0 radical (unpaired) electrons. The fourth-order valence-electron chi connectivity index (χ4n) is 3.80. The Labute approximate surface area is 170 Å². The van der Waals surface area contributed by atoms with E-state index in [1.165, 1.54) is 12.1 Å². The van der Waals surface area contributed by atoms with Crippen LogP contribution in [0.15, 0.2) is 43.0 Å². The van der Waals surface area contributed by atoms with Gasteiger partial charge < -0.3 is 9.47 Å². The van der Waals surface area contributed by atoms with Crippen molar-refractivity contribution in [1.82, 2.24) is 0 Å².